The van der Waals surface area contributed by atoms with Gasteiger partial charge in [-0.1, -0.05) is 29.8 Å². The van der Waals surface area contributed by atoms with Gasteiger partial charge in [-0.05, 0) is 17.7 Å². The average Bonchev–Trinajstić information content (AvgIpc) is 2.56. The number of rotatable bonds is 3. The van der Waals surface area contributed by atoms with Crippen LogP contribution < -0.4 is 10.6 Å². The van der Waals surface area contributed by atoms with Crippen molar-refractivity contribution in [3.63, 3.8) is 0 Å². The van der Waals surface area contributed by atoms with Gasteiger partial charge in [0, 0.05) is 12.1 Å². The predicted molar refractivity (Wildman–Crippen MR) is 82.9 cm³/mol. The number of urea groups is 1. The van der Waals surface area contributed by atoms with E-state index in [2.05, 4.69) is 15.5 Å². The van der Waals surface area contributed by atoms with E-state index in [-0.39, 0.29) is 16.3 Å². The van der Waals surface area contributed by atoms with Crippen molar-refractivity contribution >= 4 is 23.5 Å². The first-order chi connectivity index (χ1) is 11.7. The molecule has 1 heterocycles. The number of imide groups is 1. The molecule has 25 heavy (non-hydrogen) atoms. The van der Waals surface area contributed by atoms with E-state index in [1.54, 1.807) is 12.1 Å². The van der Waals surface area contributed by atoms with Crippen molar-refractivity contribution in [2.75, 3.05) is 7.05 Å². The van der Waals surface area contributed by atoms with Crippen molar-refractivity contribution in [1.29, 1.82) is 0 Å². The molecule has 0 spiro atoms. The first kappa shape index (κ1) is 18.7. The van der Waals surface area contributed by atoms with Crippen LogP contribution in [-0.4, -0.2) is 29.2 Å². The van der Waals surface area contributed by atoms with Crippen molar-refractivity contribution in [2.24, 2.45) is 0 Å². The van der Waals surface area contributed by atoms with Gasteiger partial charge < -0.3 is 5.32 Å². The number of amides is 3. The van der Waals surface area contributed by atoms with Crippen LogP contribution in [0, 0.1) is 0 Å². The van der Waals surface area contributed by atoms with Crippen molar-refractivity contribution in [3.8, 4) is 0 Å². The van der Waals surface area contributed by atoms with Gasteiger partial charge in [-0.15, -0.1) is 0 Å². The first-order valence-corrected chi connectivity index (χ1v) is 7.28. The smallest absolute Gasteiger partial charge is 0.341 e. The van der Waals surface area contributed by atoms with Gasteiger partial charge >= 0.3 is 12.2 Å². The Balaban J connectivity index is 2.54. The fourth-order valence-corrected chi connectivity index (χ4v) is 2.31. The van der Waals surface area contributed by atoms with Gasteiger partial charge in [-0.25, -0.2) is 4.79 Å². The zero-order valence-electron chi connectivity index (χ0n) is 12.8. The van der Waals surface area contributed by atoms with Gasteiger partial charge in [-0.3, -0.25) is 10.1 Å². The molecular formula is C15H12ClF3N4O2. The monoisotopic (exact) mass is 372 g/mol. The van der Waals surface area contributed by atoms with Gasteiger partial charge in [0.1, 0.15) is 5.92 Å². The molecule has 0 radical (unpaired) electrons. The third kappa shape index (κ3) is 4.44. The first-order valence-electron chi connectivity index (χ1n) is 6.91. The Hall–Kier alpha value is -2.68. The molecule has 0 saturated carbocycles. The van der Waals surface area contributed by atoms with E-state index in [9.17, 15) is 22.8 Å². The minimum absolute atomic E-state index is 0.138. The number of hydrogen-bond donors (Lipinski definition) is 2. The van der Waals surface area contributed by atoms with Crippen LogP contribution in [0.25, 0.3) is 0 Å². The third-order valence-electron chi connectivity index (χ3n) is 3.24. The van der Waals surface area contributed by atoms with Crippen molar-refractivity contribution in [3.05, 3.63) is 58.4 Å². The maximum atomic E-state index is 12.9. The molecule has 3 amide bonds. The number of alkyl halides is 3. The quantitative estimate of drug-likeness (QED) is 0.867. The highest BCUT2D eigenvalue weighted by molar-refractivity contribution is 6.31. The molecule has 2 aromatic rings. The summed E-state index contributed by atoms with van der Waals surface area (Å²) in [5, 5.41) is 11.3. The van der Waals surface area contributed by atoms with Crippen LogP contribution >= 0.6 is 11.6 Å². The summed E-state index contributed by atoms with van der Waals surface area (Å²) in [6, 6.07) is 5.96. The van der Waals surface area contributed by atoms with Gasteiger partial charge in [0.25, 0.3) is 0 Å². The highest BCUT2D eigenvalue weighted by Crippen LogP contribution is 2.33. The Morgan fingerprint density at radius 1 is 1.24 bits per heavy atom. The minimum Gasteiger partial charge on any atom is -0.341 e. The predicted octanol–water partition coefficient (Wildman–Crippen LogP) is 2.74. The molecule has 10 heteroatoms. The second-order valence-electron chi connectivity index (χ2n) is 4.89. The van der Waals surface area contributed by atoms with Gasteiger partial charge in [0.15, 0.2) is 0 Å². The molecule has 1 unspecified atom stereocenters. The number of aromatic nitrogens is 2. The lowest BCUT2D eigenvalue weighted by molar-refractivity contribution is -0.138. The summed E-state index contributed by atoms with van der Waals surface area (Å²) in [7, 11) is 1.29. The second kappa shape index (κ2) is 7.47. The van der Waals surface area contributed by atoms with Crippen molar-refractivity contribution in [2.45, 2.75) is 12.1 Å². The summed E-state index contributed by atoms with van der Waals surface area (Å²) in [5.74, 6) is -2.23. The Morgan fingerprint density at radius 3 is 2.52 bits per heavy atom. The Kier molecular flexibility index (Phi) is 5.58. The maximum absolute atomic E-state index is 12.9. The van der Waals surface area contributed by atoms with E-state index < -0.39 is 29.6 Å². The summed E-state index contributed by atoms with van der Waals surface area (Å²) in [5.41, 5.74) is -1.16. The number of carbonyl (C=O) groups excluding carboxylic acids is 2. The summed E-state index contributed by atoms with van der Waals surface area (Å²) in [6.45, 7) is 0. The van der Waals surface area contributed by atoms with Crippen LogP contribution in [0.1, 0.15) is 22.7 Å². The summed E-state index contributed by atoms with van der Waals surface area (Å²) >= 11 is 6.06. The summed E-state index contributed by atoms with van der Waals surface area (Å²) < 4.78 is 38.8. The minimum atomic E-state index is -4.66. The Bertz CT molecular complexity index is 798. The zero-order valence-corrected chi connectivity index (χ0v) is 13.5. The zero-order chi connectivity index (χ0) is 18.6. The topological polar surface area (TPSA) is 84.0 Å². The molecule has 0 aliphatic carbocycles. The highest BCUT2D eigenvalue weighted by Gasteiger charge is 2.34. The number of halogens is 4. The van der Waals surface area contributed by atoms with Gasteiger partial charge in [0.05, 0.1) is 17.5 Å². The molecule has 1 atom stereocenters. The SMILES string of the molecule is CNC(=O)NC(=O)C(c1cc(C(F)(F)F)cnn1)c1ccccc1Cl. The summed E-state index contributed by atoms with van der Waals surface area (Å²) in [4.78, 5) is 23.9. The molecule has 2 N–H and O–H groups in total. The molecule has 0 fully saturated rings. The molecule has 132 valence electrons. The normalized spacial score (nSPS) is 12.4. The summed E-state index contributed by atoms with van der Waals surface area (Å²) in [6.07, 6.45) is -4.11. The van der Waals surface area contributed by atoms with Gasteiger partial charge in [0.2, 0.25) is 5.91 Å². The maximum Gasteiger partial charge on any atom is 0.418 e. The van der Waals surface area contributed by atoms with E-state index in [1.165, 1.54) is 19.2 Å². The van der Waals surface area contributed by atoms with E-state index in [1.807, 2.05) is 5.32 Å². The van der Waals surface area contributed by atoms with Crippen molar-refractivity contribution < 1.29 is 22.8 Å². The Labute approximate surface area is 145 Å². The fourth-order valence-electron chi connectivity index (χ4n) is 2.07. The van der Waals surface area contributed by atoms with Crippen LogP contribution in [-0.2, 0) is 11.0 Å². The molecule has 0 bridgehead atoms. The highest BCUT2D eigenvalue weighted by atomic mass is 35.5. The van der Waals surface area contributed by atoms with Gasteiger partial charge in [-0.2, -0.15) is 23.4 Å². The van der Waals surface area contributed by atoms with Crippen LogP contribution in [0.4, 0.5) is 18.0 Å². The average molecular weight is 373 g/mol. The number of benzene rings is 1. The van der Waals surface area contributed by atoms with Crippen LogP contribution in [0.15, 0.2) is 36.5 Å². The third-order valence-corrected chi connectivity index (χ3v) is 3.58. The lowest BCUT2D eigenvalue weighted by Crippen LogP contribution is -2.40. The molecule has 1 aromatic carbocycles. The largest absolute Gasteiger partial charge is 0.418 e. The molecule has 1 aromatic heterocycles. The van der Waals surface area contributed by atoms with E-state index in [0.717, 1.165) is 0 Å². The standard InChI is InChI=1S/C15H12ClF3N4O2/c1-20-14(25)22-13(24)12(9-4-2-3-5-10(9)16)11-6-8(7-21-23-11)15(17,18)19/h2-7,12H,1H3,(H2,20,22,24,25). The van der Waals surface area contributed by atoms with E-state index in [4.69, 9.17) is 11.6 Å². The molecule has 0 aliphatic heterocycles. The molecule has 2 rings (SSSR count). The fraction of sp³-hybridized carbons (Fsp3) is 0.200. The van der Waals surface area contributed by atoms with Crippen molar-refractivity contribution in [1.82, 2.24) is 20.8 Å². The van der Waals surface area contributed by atoms with E-state index >= 15 is 0 Å². The molecule has 0 saturated heterocycles. The number of nitrogens with one attached hydrogen (secondary N) is 2. The number of carbonyl (C=O) groups is 2. The lowest BCUT2D eigenvalue weighted by atomic mass is 9.93. The molecule has 0 aliphatic rings. The van der Waals surface area contributed by atoms with Crippen LogP contribution in [0.3, 0.4) is 0 Å². The molecular weight excluding hydrogens is 361 g/mol. The second-order valence-corrected chi connectivity index (χ2v) is 5.30. The van der Waals surface area contributed by atoms with E-state index in [0.29, 0.717) is 12.3 Å². The lowest BCUT2D eigenvalue weighted by Gasteiger charge is -2.18. The number of nitrogens with zero attached hydrogens (tertiary/aromatic N) is 2. The van der Waals surface area contributed by atoms with Crippen LogP contribution in [0.5, 0.6) is 0 Å². The Morgan fingerprint density at radius 2 is 1.92 bits per heavy atom. The van der Waals surface area contributed by atoms with Crippen LogP contribution in [0.2, 0.25) is 5.02 Å². The number of hydrogen-bond acceptors (Lipinski definition) is 4. The molecule has 6 nitrogen and oxygen atoms in total.